The zero-order chi connectivity index (χ0) is 20.9. The summed E-state index contributed by atoms with van der Waals surface area (Å²) in [6, 6.07) is 18.3. The molecule has 0 aliphatic rings. The van der Waals surface area contributed by atoms with Crippen molar-refractivity contribution in [3.05, 3.63) is 88.8 Å². The number of nitrogens with zero attached hydrogens (tertiary/aromatic N) is 1. The third-order valence-corrected chi connectivity index (χ3v) is 4.67. The smallest absolute Gasteiger partial charge is 0.408 e. The lowest BCUT2D eigenvalue weighted by Gasteiger charge is -2.29. The van der Waals surface area contributed by atoms with E-state index in [2.05, 4.69) is 10.3 Å². The molecular weight excluding hydrogens is 395 g/mol. The predicted molar refractivity (Wildman–Crippen MR) is 109 cm³/mol. The number of pyridine rings is 1. The highest BCUT2D eigenvalue weighted by molar-refractivity contribution is 6.29. The third-order valence-electron chi connectivity index (χ3n) is 4.48. The zero-order valence-corrected chi connectivity index (χ0v) is 16.5. The number of benzene rings is 2. The van der Waals surface area contributed by atoms with Crippen LogP contribution >= 0.6 is 11.6 Å². The molecule has 29 heavy (non-hydrogen) atoms. The molecule has 150 valence electrons. The van der Waals surface area contributed by atoms with E-state index in [1.54, 1.807) is 31.2 Å². The van der Waals surface area contributed by atoms with Crippen LogP contribution in [-0.4, -0.2) is 22.8 Å². The Balaban J connectivity index is 1.80. The maximum Gasteiger partial charge on any atom is 0.408 e. The molecule has 1 atom stereocenters. The van der Waals surface area contributed by atoms with Crippen LogP contribution in [0.15, 0.2) is 66.7 Å². The summed E-state index contributed by atoms with van der Waals surface area (Å²) in [7, 11) is 0. The Morgan fingerprint density at radius 2 is 1.86 bits per heavy atom. The average Bonchev–Trinajstić information content (AvgIpc) is 2.73. The minimum absolute atomic E-state index is 0.103. The Morgan fingerprint density at radius 1 is 1.17 bits per heavy atom. The van der Waals surface area contributed by atoms with Crippen molar-refractivity contribution in [3.63, 3.8) is 0 Å². The van der Waals surface area contributed by atoms with Crippen LogP contribution in [0.5, 0.6) is 0 Å². The van der Waals surface area contributed by atoms with E-state index in [1.807, 2.05) is 30.3 Å². The molecule has 0 fully saturated rings. The molecule has 0 aliphatic heterocycles. The lowest BCUT2D eigenvalue weighted by molar-refractivity contribution is 0.111. The fourth-order valence-corrected chi connectivity index (χ4v) is 2.98. The van der Waals surface area contributed by atoms with E-state index in [-0.39, 0.29) is 17.6 Å². The number of aliphatic hydroxyl groups excluding tert-OH is 1. The molecule has 2 aromatic carbocycles. The zero-order valence-electron chi connectivity index (χ0n) is 15.7. The molecule has 5 nitrogen and oxygen atoms in total. The number of ether oxygens (including phenoxy) is 1. The van der Waals surface area contributed by atoms with Gasteiger partial charge >= 0.3 is 6.09 Å². The Kier molecular flexibility index (Phi) is 6.46. The van der Waals surface area contributed by atoms with E-state index in [1.165, 1.54) is 12.1 Å². The molecule has 2 N–H and O–H groups in total. The Morgan fingerprint density at radius 3 is 2.52 bits per heavy atom. The molecule has 1 unspecified atom stereocenters. The number of rotatable bonds is 6. The van der Waals surface area contributed by atoms with Crippen LogP contribution in [0.25, 0.3) is 11.3 Å². The number of carbonyl (C=O) groups excluding carboxylic acids is 1. The number of hydrogen-bond acceptors (Lipinski definition) is 4. The first-order chi connectivity index (χ1) is 13.9. The molecule has 0 radical (unpaired) electrons. The maximum atomic E-state index is 13.2. The Labute approximate surface area is 173 Å². The first kappa shape index (κ1) is 20.8. The molecule has 0 saturated carbocycles. The Bertz CT molecular complexity index is 983. The lowest BCUT2D eigenvalue weighted by Crippen LogP contribution is -2.46. The highest BCUT2D eigenvalue weighted by atomic mass is 35.5. The normalized spacial score (nSPS) is 12.8. The average molecular weight is 415 g/mol. The molecule has 1 amide bonds. The lowest BCUT2D eigenvalue weighted by atomic mass is 9.92. The highest BCUT2D eigenvalue weighted by Gasteiger charge is 2.30. The van der Waals surface area contributed by atoms with Gasteiger partial charge in [0.25, 0.3) is 0 Å². The fourth-order valence-electron chi connectivity index (χ4n) is 2.77. The van der Waals surface area contributed by atoms with Crippen LogP contribution in [0.3, 0.4) is 0 Å². The number of amides is 1. The highest BCUT2D eigenvalue weighted by Crippen LogP contribution is 2.28. The van der Waals surface area contributed by atoms with Gasteiger partial charge in [-0.05, 0) is 54.4 Å². The van der Waals surface area contributed by atoms with Crippen LogP contribution < -0.4 is 5.32 Å². The second kappa shape index (κ2) is 9.03. The molecule has 0 spiro atoms. The number of nitrogens with one attached hydrogen (secondary N) is 1. The Hall–Kier alpha value is -2.96. The van der Waals surface area contributed by atoms with Gasteiger partial charge in [0.15, 0.2) is 0 Å². The van der Waals surface area contributed by atoms with Crippen molar-refractivity contribution in [3.8, 4) is 11.3 Å². The number of aromatic nitrogens is 1. The van der Waals surface area contributed by atoms with Gasteiger partial charge in [-0.2, -0.15) is 0 Å². The molecule has 3 aromatic rings. The van der Waals surface area contributed by atoms with Crippen LogP contribution in [0.1, 0.15) is 18.1 Å². The molecular formula is C22H20ClFN2O3. The van der Waals surface area contributed by atoms with Crippen molar-refractivity contribution in [2.24, 2.45) is 0 Å². The van der Waals surface area contributed by atoms with Gasteiger partial charge in [0.1, 0.15) is 17.6 Å². The van der Waals surface area contributed by atoms with Crippen molar-refractivity contribution in [1.82, 2.24) is 10.3 Å². The van der Waals surface area contributed by atoms with Gasteiger partial charge in [-0.15, -0.1) is 0 Å². The predicted octanol–water partition coefficient (Wildman–Crippen LogP) is 4.68. The van der Waals surface area contributed by atoms with Gasteiger partial charge in [0, 0.05) is 5.56 Å². The maximum absolute atomic E-state index is 13.2. The van der Waals surface area contributed by atoms with Crippen LogP contribution in [0.4, 0.5) is 9.18 Å². The number of halogens is 2. The fraction of sp³-hybridized carbons (Fsp3) is 0.182. The summed E-state index contributed by atoms with van der Waals surface area (Å²) in [5, 5.41) is 12.8. The first-order valence-corrected chi connectivity index (χ1v) is 9.31. The number of alkyl carbamates (subject to hydrolysis) is 1. The van der Waals surface area contributed by atoms with E-state index >= 15 is 0 Å². The quantitative estimate of drug-likeness (QED) is 0.575. The second-order valence-corrected chi connectivity index (χ2v) is 7.13. The van der Waals surface area contributed by atoms with Gasteiger partial charge in [-0.1, -0.05) is 41.9 Å². The van der Waals surface area contributed by atoms with Crippen LogP contribution in [0.2, 0.25) is 5.15 Å². The summed E-state index contributed by atoms with van der Waals surface area (Å²) in [5.41, 5.74) is 1.37. The largest absolute Gasteiger partial charge is 0.445 e. The van der Waals surface area contributed by atoms with Gasteiger partial charge in [0.2, 0.25) is 0 Å². The molecule has 0 saturated heterocycles. The molecule has 7 heteroatoms. The summed E-state index contributed by atoms with van der Waals surface area (Å²) >= 11 is 6.16. The van der Waals surface area contributed by atoms with E-state index in [9.17, 15) is 14.3 Å². The molecule has 1 aromatic heterocycles. The molecule has 0 aliphatic carbocycles. The molecule has 1 heterocycles. The van der Waals surface area contributed by atoms with E-state index in [4.69, 9.17) is 16.3 Å². The SMILES string of the molecule is CC(CO)(NC(=O)OCc1ccccc1)c1cc(Cl)nc(-c2ccc(F)cc2)c1. The summed E-state index contributed by atoms with van der Waals surface area (Å²) < 4.78 is 18.5. The van der Waals surface area contributed by atoms with Gasteiger partial charge in [-0.25, -0.2) is 14.2 Å². The van der Waals surface area contributed by atoms with Crippen molar-refractivity contribution < 1.29 is 19.0 Å². The monoisotopic (exact) mass is 414 g/mol. The van der Waals surface area contributed by atoms with Gasteiger partial charge in [0.05, 0.1) is 17.8 Å². The second-order valence-electron chi connectivity index (χ2n) is 6.75. The van der Waals surface area contributed by atoms with Crippen molar-refractivity contribution in [1.29, 1.82) is 0 Å². The summed E-state index contributed by atoms with van der Waals surface area (Å²) in [6.45, 7) is 1.36. The van der Waals surface area contributed by atoms with Crippen molar-refractivity contribution >= 4 is 17.7 Å². The molecule has 0 bridgehead atoms. The summed E-state index contributed by atoms with van der Waals surface area (Å²) in [6.07, 6.45) is -0.679. The van der Waals surface area contributed by atoms with E-state index < -0.39 is 18.2 Å². The van der Waals surface area contributed by atoms with Gasteiger partial charge in [-0.3, -0.25) is 0 Å². The standard InChI is InChI=1S/C22H20ClFN2O3/c1-22(14-27,26-21(28)29-13-15-5-3-2-4-6-15)17-11-19(25-20(23)12-17)16-7-9-18(24)10-8-16/h2-12,27H,13-14H2,1H3,(H,26,28). The van der Waals surface area contributed by atoms with Crippen molar-refractivity contribution in [2.45, 2.75) is 19.1 Å². The number of carbonyl (C=O) groups is 1. The first-order valence-electron chi connectivity index (χ1n) is 8.93. The molecule has 3 rings (SSSR count). The minimum Gasteiger partial charge on any atom is -0.445 e. The number of aliphatic hydroxyl groups is 1. The topological polar surface area (TPSA) is 71.5 Å². The summed E-state index contributed by atoms with van der Waals surface area (Å²) in [4.78, 5) is 16.6. The van der Waals surface area contributed by atoms with Crippen LogP contribution in [-0.2, 0) is 16.9 Å². The van der Waals surface area contributed by atoms with E-state index in [0.717, 1.165) is 5.56 Å². The minimum atomic E-state index is -1.16. The van der Waals surface area contributed by atoms with Crippen LogP contribution in [0, 0.1) is 5.82 Å². The van der Waals surface area contributed by atoms with Crippen molar-refractivity contribution in [2.75, 3.05) is 6.61 Å². The van der Waals surface area contributed by atoms with Gasteiger partial charge < -0.3 is 15.2 Å². The third kappa shape index (κ3) is 5.31. The van der Waals surface area contributed by atoms with E-state index in [0.29, 0.717) is 16.8 Å². The summed E-state index contributed by atoms with van der Waals surface area (Å²) in [5.74, 6) is -0.362. The number of hydrogen-bond donors (Lipinski definition) is 2.